The van der Waals surface area contributed by atoms with Gasteiger partial charge < -0.3 is 16.0 Å². The zero-order valence-corrected chi connectivity index (χ0v) is 11.2. The van der Waals surface area contributed by atoms with Crippen molar-refractivity contribution in [3.63, 3.8) is 0 Å². The molecule has 0 radical (unpaired) electrons. The van der Waals surface area contributed by atoms with E-state index >= 15 is 0 Å². The lowest BCUT2D eigenvalue weighted by Gasteiger charge is -2.19. The molecule has 0 saturated carbocycles. The van der Waals surface area contributed by atoms with Gasteiger partial charge in [0, 0.05) is 25.5 Å². The second-order valence-corrected chi connectivity index (χ2v) is 4.50. The molecule has 3 N–H and O–H groups in total. The summed E-state index contributed by atoms with van der Waals surface area (Å²) in [7, 11) is 3.75. The number of rotatable bonds is 4. The Morgan fingerprint density at radius 3 is 2.83 bits per heavy atom. The van der Waals surface area contributed by atoms with Crippen molar-refractivity contribution in [3.8, 4) is 12.3 Å². The minimum atomic E-state index is -0.719. The highest BCUT2D eigenvalue weighted by atomic mass is 35.5. The molecule has 1 amide bonds. The Bertz CT molecular complexity index is 480. The Labute approximate surface area is 112 Å². The van der Waals surface area contributed by atoms with Crippen LogP contribution in [0.25, 0.3) is 0 Å². The van der Waals surface area contributed by atoms with E-state index in [1.807, 2.05) is 25.1 Å². The minimum Gasteiger partial charge on any atom is -0.376 e. The Kier molecular flexibility index (Phi) is 5.02. The lowest BCUT2D eigenvalue weighted by atomic mass is 10.2. The van der Waals surface area contributed by atoms with Gasteiger partial charge in [0.2, 0.25) is 5.91 Å². The number of hydrogen-bond donors (Lipinski definition) is 2. The minimum absolute atomic E-state index is 0.198. The molecule has 0 aromatic heterocycles. The third-order valence-electron chi connectivity index (χ3n) is 2.37. The van der Waals surface area contributed by atoms with Gasteiger partial charge in [0.1, 0.15) is 0 Å². The Morgan fingerprint density at radius 2 is 2.28 bits per heavy atom. The van der Waals surface area contributed by atoms with Crippen molar-refractivity contribution >= 4 is 28.9 Å². The van der Waals surface area contributed by atoms with Crippen LogP contribution in [0.3, 0.4) is 0 Å². The highest BCUT2D eigenvalue weighted by Crippen LogP contribution is 2.27. The molecule has 4 nitrogen and oxygen atoms in total. The largest absolute Gasteiger partial charge is 0.376 e. The number of nitrogens with two attached hydrogens (primary N) is 1. The zero-order chi connectivity index (χ0) is 13.7. The topological polar surface area (TPSA) is 58.4 Å². The molecule has 1 rings (SSSR count). The first kappa shape index (κ1) is 14.4. The third kappa shape index (κ3) is 3.66. The quantitative estimate of drug-likeness (QED) is 0.815. The average molecular weight is 266 g/mol. The van der Waals surface area contributed by atoms with Crippen LogP contribution in [-0.2, 0) is 4.79 Å². The number of hydrogen-bond acceptors (Lipinski definition) is 3. The maximum atomic E-state index is 11.8. The number of nitrogens with one attached hydrogen (secondary N) is 1. The molecule has 1 unspecified atom stereocenters. The third-order valence-corrected chi connectivity index (χ3v) is 2.61. The molecule has 0 aliphatic carbocycles. The summed E-state index contributed by atoms with van der Waals surface area (Å²) in [6.45, 7) is 0. The van der Waals surface area contributed by atoms with Crippen molar-refractivity contribution < 1.29 is 4.79 Å². The maximum Gasteiger partial charge on any atom is 0.242 e. The first-order valence-corrected chi connectivity index (χ1v) is 5.80. The van der Waals surface area contributed by atoms with Gasteiger partial charge in [-0.1, -0.05) is 11.6 Å². The monoisotopic (exact) mass is 265 g/mol. The van der Waals surface area contributed by atoms with E-state index in [2.05, 4.69) is 11.2 Å². The van der Waals surface area contributed by atoms with Gasteiger partial charge in [0.25, 0.3) is 0 Å². The number of amides is 1. The summed E-state index contributed by atoms with van der Waals surface area (Å²) in [6.07, 6.45) is 5.32. The highest BCUT2D eigenvalue weighted by molar-refractivity contribution is 6.31. The normalized spacial score (nSPS) is 11.5. The first-order chi connectivity index (χ1) is 8.45. The lowest BCUT2D eigenvalue weighted by molar-refractivity contribution is -0.117. The van der Waals surface area contributed by atoms with E-state index in [4.69, 9.17) is 23.8 Å². The fourth-order valence-electron chi connectivity index (χ4n) is 1.44. The molecular formula is C13H16ClN3O. The molecular weight excluding hydrogens is 250 g/mol. The first-order valence-electron chi connectivity index (χ1n) is 5.42. The standard InChI is InChI=1S/C13H16ClN3O/c1-4-5-10(15)13(18)16-11-8-9(14)6-7-12(11)17(2)3/h1,6-8,10H,5,15H2,2-3H3,(H,16,18). The van der Waals surface area contributed by atoms with Gasteiger partial charge >= 0.3 is 0 Å². The number of nitrogens with zero attached hydrogens (tertiary/aromatic N) is 1. The van der Waals surface area contributed by atoms with Crippen molar-refractivity contribution in [2.24, 2.45) is 5.73 Å². The molecule has 5 heteroatoms. The van der Waals surface area contributed by atoms with Crippen LogP contribution in [0.15, 0.2) is 18.2 Å². The van der Waals surface area contributed by atoms with Crippen LogP contribution in [-0.4, -0.2) is 26.0 Å². The van der Waals surface area contributed by atoms with E-state index in [9.17, 15) is 4.79 Å². The van der Waals surface area contributed by atoms with Gasteiger partial charge in [-0.2, -0.15) is 0 Å². The molecule has 0 saturated heterocycles. The Morgan fingerprint density at radius 1 is 1.61 bits per heavy atom. The molecule has 0 fully saturated rings. The van der Waals surface area contributed by atoms with E-state index in [0.29, 0.717) is 10.7 Å². The Balaban J connectivity index is 2.93. The molecule has 1 aromatic rings. The summed E-state index contributed by atoms with van der Waals surface area (Å²) in [6, 6.07) is 4.54. The molecule has 0 aliphatic heterocycles. The number of terminal acetylenes is 1. The van der Waals surface area contributed by atoms with Gasteiger partial charge in [0.05, 0.1) is 17.4 Å². The van der Waals surface area contributed by atoms with Crippen molar-refractivity contribution in [2.75, 3.05) is 24.3 Å². The lowest BCUT2D eigenvalue weighted by Crippen LogP contribution is -2.35. The summed E-state index contributed by atoms with van der Waals surface area (Å²) in [4.78, 5) is 13.7. The van der Waals surface area contributed by atoms with E-state index < -0.39 is 6.04 Å². The number of anilines is 2. The van der Waals surface area contributed by atoms with Crippen LogP contribution in [0.1, 0.15) is 6.42 Å². The zero-order valence-electron chi connectivity index (χ0n) is 10.4. The van der Waals surface area contributed by atoms with Crippen molar-refractivity contribution in [2.45, 2.75) is 12.5 Å². The van der Waals surface area contributed by atoms with E-state index in [1.54, 1.807) is 12.1 Å². The van der Waals surface area contributed by atoms with Gasteiger partial charge in [-0.25, -0.2) is 0 Å². The number of carbonyl (C=O) groups is 1. The molecule has 0 spiro atoms. The molecule has 0 bridgehead atoms. The summed E-state index contributed by atoms with van der Waals surface area (Å²) in [5, 5.41) is 3.27. The SMILES string of the molecule is C#CCC(N)C(=O)Nc1cc(Cl)ccc1N(C)C. The van der Waals surface area contributed by atoms with Crippen molar-refractivity contribution in [1.82, 2.24) is 0 Å². The second-order valence-electron chi connectivity index (χ2n) is 4.06. The van der Waals surface area contributed by atoms with Crippen molar-refractivity contribution in [3.05, 3.63) is 23.2 Å². The fourth-order valence-corrected chi connectivity index (χ4v) is 1.62. The van der Waals surface area contributed by atoms with Gasteiger partial charge in [0.15, 0.2) is 0 Å². The van der Waals surface area contributed by atoms with Crippen LogP contribution in [0.2, 0.25) is 5.02 Å². The number of benzene rings is 1. The smallest absolute Gasteiger partial charge is 0.242 e. The van der Waals surface area contributed by atoms with Crippen molar-refractivity contribution in [1.29, 1.82) is 0 Å². The van der Waals surface area contributed by atoms with Crippen LogP contribution >= 0.6 is 11.6 Å². The molecule has 1 atom stereocenters. The van der Waals surface area contributed by atoms with Gasteiger partial charge in [-0.15, -0.1) is 12.3 Å². The fraction of sp³-hybridized carbons (Fsp3) is 0.308. The summed E-state index contributed by atoms with van der Waals surface area (Å²) in [5.41, 5.74) is 7.10. The van der Waals surface area contributed by atoms with Gasteiger partial charge in [-0.05, 0) is 18.2 Å². The predicted octanol–water partition coefficient (Wildman–Crippen LogP) is 1.70. The van der Waals surface area contributed by atoms with Crippen LogP contribution < -0.4 is 16.0 Å². The molecule has 0 heterocycles. The van der Waals surface area contributed by atoms with Crippen LogP contribution in [0, 0.1) is 12.3 Å². The predicted molar refractivity (Wildman–Crippen MR) is 75.8 cm³/mol. The molecule has 0 aliphatic rings. The second kappa shape index (κ2) is 6.29. The summed E-state index contributed by atoms with van der Waals surface area (Å²) >= 11 is 5.91. The summed E-state index contributed by atoms with van der Waals surface area (Å²) < 4.78 is 0. The number of halogens is 1. The van der Waals surface area contributed by atoms with Crippen LogP contribution in [0.4, 0.5) is 11.4 Å². The van der Waals surface area contributed by atoms with E-state index in [1.165, 1.54) is 0 Å². The molecule has 1 aromatic carbocycles. The van der Waals surface area contributed by atoms with E-state index in [0.717, 1.165) is 5.69 Å². The summed E-state index contributed by atoms with van der Waals surface area (Å²) in [5.74, 6) is 2.04. The highest BCUT2D eigenvalue weighted by Gasteiger charge is 2.15. The van der Waals surface area contributed by atoms with Gasteiger partial charge in [-0.3, -0.25) is 4.79 Å². The molecule has 18 heavy (non-hydrogen) atoms. The number of carbonyl (C=O) groups excluding carboxylic acids is 1. The maximum absolute atomic E-state index is 11.8. The van der Waals surface area contributed by atoms with Crippen LogP contribution in [0.5, 0.6) is 0 Å². The average Bonchev–Trinajstić information content (AvgIpc) is 2.28. The van der Waals surface area contributed by atoms with E-state index in [-0.39, 0.29) is 12.3 Å². The Hall–Kier alpha value is -1.70. The molecule has 96 valence electrons.